The van der Waals surface area contributed by atoms with Crippen LogP contribution in [0.3, 0.4) is 0 Å². The van der Waals surface area contributed by atoms with Gasteiger partial charge in [0.05, 0.1) is 11.8 Å². The van der Waals surface area contributed by atoms with Crippen LogP contribution in [0.25, 0.3) is 0 Å². The van der Waals surface area contributed by atoms with Crippen molar-refractivity contribution in [3.63, 3.8) is 0 Å². The highest BCUT2D eigenvalue weighted by atomic mass is 32.2. The minimum atomic E-state index is -3.40. The summed E-state index contributed by atoms with van der Waals surface area (Å²) in [5, 5.41) is 0. The van der Waals surface area contributed by atoms with Crippen LogP contribution in [0.15, 0.2) is 54.6 Å². The maximum Gasteiger partial charge on any atom is 0.218 e. The van der Waals surface area contributed by atoms with Crippen LogP contribution < -0.4 is 4.74 Å². The molecule has 1 aliphatic heterocycles. The molecule has 0 aliphatic carbocycles. The highest BCUT2D eigenvalue weighted by molar-refractivity contribution is 7.88. The first kappa shape index (κ1) is 15.1. The first-order valence-corrected chi connectivity index (χ1v) is 8.94. The molecule has 0 N–H and O–H groups in total. The number of para-hydroxylation sites is 1. The first-order valence-electron chi connectivity index (χ1n) is 7.33. The molecule has 22 heavy (non-hydrogen) atoms. The molecule has 5 heteroatoms. The van der Waals surface area contributed by atoms with Gasteiger partial charge in [0, 0.05) is 12.1 Å². The molecule has 1 atom stereocenters. The first-order chi connectivity index (χ1) is 10.6. The molecule has 1 aliphatic rings. The largest absolute Gasteiger partial charge is 0.492 e. The molecule has 0 saturated heterocycles. The zero-order valence-corrected chi connectivity index (χ0v) is 13.3. The quantitative estimate of drug-likeness (QED) is 0.874. The molecular formula is C17H19NO3S. The summed E-state index contributed by atoms with van der Waals surface area (Å²) in [7, 11) is -3.40. The third-order valence-corrected chi connectivity index (χ3v) is 5.83. The third kappa shape index (κ3) is 3.00. The highest BCUT2D eigenvalue weighted by Crippen LogP contribution is 2.33. The van der Waals surface area contributed by atoms with E-state index >= 15 is 0 Å². The lowest BCUT2D eigenvalue weighted by molar-refractivity contribution is 0.278. The van der Waals surface area contributed by atoms with E-state index in [1.165, 1.54) is 0 Å². The van der Waals surface area contributed by atoms with E-state index in [0.717, 1.165) is 16.9 Å². The lowest BCUT2D eigenvalue weighted by atomic mass is 10.1. The minimum absolute atomic E-state index is 0.0142. The van der Waals surface area contributed by atoms with Crippen LogP contribution in [0.5, 0.6) is 5.75 Å². The van der Waals surface area contributed by atoms with Crippen molar-refractivity contribution in [1.82, 2.24) is 4.31 Å². The van der Waals surface area contributed by atoms with Crippen molar-refractivity contribution in [2.45, 2.75) is 18.7 Å². The van der Waals surface area contributed by atoms with Crippen LogP contribution in [-0.4, -0.2) is 25.9 Å². The predicted molar refractivity (Wildman–Crippen MR) is 86.1 cm³/mol. The van der Waals surface area contributed by atoms with E-state index in [9.17, 15) is 8.42 Å². The van der Waals surface area contributed by atoms with Gasteiger partial charge >= 0.3 is 0 Å². The van der Waals surface area contributed by atoms with Crippen LogP contribution in [0.1, 0.15) is 24.1 Å². The lowest BCUT2D eigenvalue weighted by Crippen LogP contribution is -2.36. The van der Waals surface area contributed by atoms with Crippen LogP contribution >= 0.6 is 0 Å². The van der Waals surface area contributed by atoms with Crippen molar-refractivity contribution in [1.29, 1.82) is 0 Å². The fourth-order valence-corrected chi connectivity index (χ4v) is 4.53. The molecule has 4 nitrogen and oxygen atoms in total. The van der Waals surface area contributed by atoms with Crippen molar-refractivity contribution in [3.8, 4) is 5.75 Å². The summed E-state index contributed by atoms with van der Waals surface area (Å²) in [5.41, 5.74) is 1.71. The molecule has 0 radical (unpaired) electrons. The number of nitrogens with zero attached hydrogens (tertiary/aromatic N) is 1. The molecule has 2 aromatic carbocycles. The number of hydrogen-bond donors (Lipinski definition) is 0. The van der Waals surface area contributed by atoms with Gasteiger partial charge in [0.15, 0.2) is 0 Å². The number of rotatable bonds is 3. The van der Waals surface area contributed by atoms with Crippen LogP contribution in [0, 0.1) is 0 Å². The van der Waals surface area contributed by atoms with Gasteiger partial charge in [0.2, 0.25) is 10.0 Å². The van der Waals surface area contributed by atoms with Crippen LogP contribution in [-0.2, 0) is 15.8 Å². The number of ether oxygens (including phenoxy) is 1. The summed E-state index contributed by atoms with van der Waals surface area (Å²) in [6.07, 6.45) is 0. The van der Waals surface area contributed by atoms with E-state index < -0.39 is 10.0 Å². The molecule has 0 amide bonds. The smallest absolute Gasteiger partial charge is 0.218 e. The second-order valence-electron chi connectivity index (χ2n) is 5.41. The predicted octanol–water partition coefficient (Wildman–Crippen LogP) is 2.97. The number of hydrogen-bond acceptors (Lipinski definition) is 3. The van der Waals surface area contributed by atoms with Crippen molar-refractivity contribution in [3.05, 3.63) is 65.7 Å². The van der Waals surface area contributed by atoms with E-state index in [-0.39, 0.29) is 11.8 Å². The Morgan fingerprint density at radius 2 is 1.77 bits per heavy atom. The Kier molecular flexibility index (Phi) is 4.18. The number of sulfonamides is 1. The van der Waals surface area contributed by atoms with Crippen molar-refractivity contribution in [2.24, 2.45) is 0 Å². The van der Waals surface area contributed by atoms with Crippen LogP contribution in [0.4, 0.5) is 0 Å². The second kappa shape index (κ2) is 6.10. The number of fused-ring (bicyclic) bond motifs is 1. The summed E-state index contributed by atoms with van der Waals surface area (Å²) in [6.45, 7) is 2.65. The van der Waals surface area contributed by atoms with Gasteiger partial charge in [-0.25, -0.2) is 8.42 Å². The Hall–Kier alpha value is -1.85. The molecule has 0 bridgehead atoms. The zero-order chi connectivity index (χ0) is 15.6. The van der Waals surface area contributed by atoms with E-state index in [1.54, 1.807) is 4.31 Å². The van der Waals surface area contributed by atoms with Gasteiger partial charge < -0.3 is 4.74 Å². The van der Waals surface area contributed by atoms with Gasteiger partial charge in [-0.2, -0.15) is 4.31 Å². The topological polar surface area (TPSA) is 46.6 Å². The van der Waals surface area contributed by atoms with E-state index in [0.29, 0.717) is 13.2 Å². The third-order valence-electron chi connectivity index (χ3n) is 3.92. The second-order valence-corrected chi connectivity index (χ2v) is 7.34. The molecular weight excluding hydrogens is 298 g/mol. The minimum Gasteiger partial charge on any atom is -0.492 e. The maximum absolute atomic E-state index is 12.8. The lowest BCUT2D eigenvalue weighted by Gasteiger charge is -2.26. The van der Waals surface area contributed by atoms with Crippen LogP contribution in [0.2, 0.25) is 0 Å². The highest BCUT2D eigenvalue weighted by Gasteiger charge is 2.31. The number of benzene rings is 2. The summed E-state index contributed by atoms with van der Waals surface area (Å²) in [4.78, 5) is 0. The van der Waals surface area contributed by atoms with Gasteiger partial charge in [0.1, 0.15) is 12.4 Å². The van der Waals surface area contributed by atoms with Crippen molar-refractivity contribution >= 4 is 10.0 Å². The Bertz CT molecular complexity index is 744. The van der Waals surface area contributed by atoms with Gasteiger partial charge in [-0.05, 0) is 18.6 Å². The van der Waals surface area contributed by atoms with Crippen molar-refractivity contribution in [2.75, 3.05) is 13.2 Å². The molecule has 2 aromatic rings. The molecule has 1 unspecified atom stereocenters. The van der Waals surface area contributed by atoms with Gasteiger partial charge in [-0.3, -0.25) is 0 Å². The Balaban J connectivity index is 1.90. The van der Waals surface area contributed by atoms with Gasteiger partial charge in [-0.1, -0.05) is 48.5 Å². The monoisotopic (exact) mass is 317 g/mol. The van der Waals surface area contributed by atoms with E-state index in [2.05, 4.69) is 0 Å². The Morgan fingerprint density at radius 1 is 1.09 bits per heavy atom. The summed E-state index contributed by atoms with van der Waals surface area (Å²) < 4.78 is 32.8. The molecule has 3 rings (SSSR count). The molecule has 0 saturated carbocycles. The zero-order valence-electron chi connectivity index (χ0n) is 12.5. The molecule has 116 valence electrons. The molecule has 0 fully saturated rings. The Labute approximate surface area is 131 Å². The summed E-state index contributed by atoms with van der Waals surface area (Å²) in [5.74, 6) is 0.785. The maximum atomic E-state index is 12.8. The SMILES string of the molecule is CC1c2ccccc2OCCN1S(=O)(=O)Cc1ccccc1. The average Bonchev–Trinajstić information content (AvgIpc) is 2.68. The van der Waals surface area contributed by atoms with E-state index in [4.69, 9.17) is 4.74 Å². The molecule has 0 aromatic heterocycles. The summed E-state index contributed by atoms with van der Waals surface area (Å²) in [6, 6.07) is 16.7. The molecule has 0 spiro atoms. The van der Waals surface area contributed by atoms with Crippen molar-refractivity contribution < 1.29 is 13.2 Å². The standard InChI is InChI=1S/C17H19NO3S/c1-14-16-9-5-6-10-17(16)21-12-11-18(14)22(19,20)13-15-7-3-2-4-8-15/h2-10,14H,11-13H2,1H3. The average molecular weight is 317 g/mol. The van der Waals surface area contributed by atoms with E-state index in [1.807, 2.05) is 61.5 Å². The van der Waals surface area contributed by atoms with Gasteiger partial charge in [0.25, 0.3) is 0 Å². The molecule has 1 heterocycles. The Morgan fingerprint density at radius 3 is 2.55 bits per heavy atom. The summed E-state index contributed by atoms with van der Waals surface area (Å²) >= 11 is 0. The van der Waals surface area contributed by atoms with Gasteiger partial charge in [-0.15, -0.1) is 0 Å². The fourth-order valence-electron chi connectivity index (χ4n) is 2.80. The fraction of sp³-hybridized carbons (Fsp3) is 0.294. The normalized spacial score (nSPS) is 19.0.